The molecule has 0 atom stereocenters. The van der Waals surface area contributed by atoms with Crippen LogP contribution in [0.1, 0.15) is 81.8 Å². The Labute approximate surface area is 313 Å². The average molecular weight is 730 g/mol. The largest absolute Gasteiger partial charge is 0.449 e. The number of nitrogens with one attached hydrogen (secondary N) is 3. The molecule has 0 saturated carbocycles. The van der Waals surface area contributed by atoms with Crippen molar-refractivity contribution in [1.29, 1.82) is 0 Å². The van der Waals surface area contributed by atoms with Crippen molar-refractivity contribution in [3.8, 4) is 11.1 Å². The molecule has 51 heavy (non-hydrogen) atoms. The van der Waals surface area contributed by atoms with E-state index in [1.54, 1.807) is 21.6 Å². The van der Waals surface area contributed by atoms with Crippen molar-refractivity contribution in [3.05, 3.63) is 120 Å². The van der Waals surface area contributed by atoms with E-state index in [-0.39, 0.29) is 37.3 Å². The van der Waals surface area contributed by atoms with Gasteiger partial charge in [-0.15, -0.1) is 0 Å². The van der Waals surface area contributed by atoms with Gasteiger partial charge < -0.3 is 20.7 Å². The minimum absolute atomic E-state index is 0.00354. The molecule has 2 aromatic carbocycles. The summed E-state index contributed by atoms with van der Waals surface area (Å²) in [5.74, 6) is 1.55. The molecule has 1 aliphatic rings. The Balaban J connectivity index is 1.08. The molecule has 7 nitrogen and oxygen atoms in total. The smallest absolute Gasteiger partial charge is 0.407 e. The Morgan fingerprint density at radius 1 is 0.627 bits per heavy atom. The molecule has 0 aromatic heterocycles. The lowest BCUT2D eigenvalue weighted by Crippen LogP contribution is -2.32. The summed E-state index contributed by atoms with van der Waals surface area (Å²) in [4.78, 5) is 36.5. The van der Waals surface area contributed by atoms with E-state index in [0.29, 0.717) is 19.5 Å². The summed E-state index contributed by atoms with van der Waals surface area (Å²) < 4.78 is 5.52. The molecule has 3 amide bonds. The second-order valence-corrected chi connectivity index (χ2v) is 14.6. The van der Waals surface area contributed by atoms with Crippen molar-refractivity contribution in [1.82, 2.24) is 16.0 Å². The van der Waals surface area contributed by atoms with Gasteiger partial charge in [-0.25, -0.2) is 4.79 Å². The third-order valence-corrected chi connectivity index (χ3v) is 10.4. The van der Waals surface area contributed by atoms with Crippen LogP contribution in [0.5, 0.6) is 0 Å². The van der Waals surface area contributed by atoms with Gasteiger partial charge in [0.2, 0.25) is 11.8 Å². The molecule has 0 bridgehead atoms. The number of benzene rings is 2. The van der Waals surface area contributed by atoms with E-state index in [1.807, 2.05) is 24.3 Å². The molecule has 0 aliphatic heterocycles. The fourth-order valence-electron chi connectivity index (χ4n) is 5.44. The number of ether oxygens (including phenoxy) is 1. The Bertz CT molecular complexity index is 1440. The first-order valence-electron chi connectivity index (χ1n) is 18.2. The van der Waals surface area contributed by atoms with Crippen LogP contribution in [-0.4, -0.2) is 55.7 Å². The molecule has 3 rings (SSSR count). The van der Waals surface area contributed by atoms with Gasteiger partial charge in [-0.05, 0) is 67.2 Å². The van der Waals surface area contributed by atoms with Crippen LogP contribution in [0.25, 0.3) is 11.1 Å². The molecule has 1 aliphatic carbocycles. The Morgan fingerprint density at radius 3 is 1.67 bits per heavy atom. The minimum Gasteiger partial charge on any atom is -0.449 e. The molecular formula is C42H55N3O4S2. The van der Waals surface area contributed by atoms with Gasteiger partial charge >= 0.3 is 6.09 Å². The first-order chi connectivity index (χ1) is 25.1. The second-order valence-electron chi connectivity index (χ2n) is 11.9. The van der Waals surface area contributed by atoms with Crippen LogP contribution in [0.4, 0.5) is 4.79 Å². The van der Waals surface area contributed by atoms with Gasteiger partial charge in [0.05, 0.1) is 0 Å². The lowest BCUT2D eigenvalue weighted by Gasteiger charge is -2.14. The molecule has 3 N–H and O–H groups in total. The maximum absolute atomic E-state index is 12.3. The van der Waals surface area contributed by atoms with Gasteiger partial charge in [-0.3, -0.25) is 9.59 Å². The normalized spacial score (nSPS) is 12.7. The average Bonchev–Trinajstić information content (AvgIpc) is 3.46. The highest BCUT2D eigenvalue weighted by Crippen LogP contribution is 2.44. The van der Waals surface area contributed by atoms with Crippen molar-refractivity contribution in [2.75, 3.05) is 37.7 Å². The number of hydrogen-bond acceptors (Lipinski definition) is 6. The van der Waals surface area contributed by atoms with E-state index in [1.165, 1.54) is 11.1 Å². The van der Waals surface area contributed by atoms with E-state index in [4.69, 9.17) is 4.74 Å². The van der Waals surface area contributed by atoms with Crippen molar-refractivity contribution in [3.63, 3.8) is 0 Å². The SMILES string of the molecule is CC/C=C\C/C=C\C/C=C\C/C=C\C/C=C\CCCC(=O)NCCSSCCNC(=O)CCNC(=O)OCC1c2ccccc2-c2ccccc21. The van der Waals surface area contributed by atoms with E-state index < -0.39 is 6.09 Å². The number of amides is 3. The van der Waals surface area contributed by atoms with Crippen LogP contribution >= 0.6 is 21.6 Å². The molecule has 0 radical (unpaired) electrons. The van der Waals surface area contributed by atoms with E-state index in [0.717, 1.165) is 67.6 Å². The van der Waals surface area contributed by atoms with E-state index in [9.17, 15) is 14.4 Å². The minimum atomic E-state index is -0.519. The molecule has 0 unspecified atom stereocenters. The van der Waals surface area contributed by atoms with E-state index >= 15 is 0 Å². The third-order valence-electron chi connectivity index (χ3n) is 8.00. The van der Waals surface area contributed by atoms with Gasteiger partial charge in [-0.1, -0.05) is 138 Å². The summed E-state index contributed by atoms with van der Waals surface area (Å²) in [7, 11) is 3.34. The van der Waals surface area contributed by atoms with E-state index in [2.05, 4.69) is 108 Å². The zero-order chi connectivity index (χ0) is 36.2. The number of hydrogen-bond donors (Lipinski definition) is 3. The Hall–Kier alpha value is -3.95. The van der Waals surface area contributed by atoms with Gasteiger partial charge in [-0.2, -0.15) is 0 Å². The molecular weight excluding hydrogens is 675 g/mol. The van der Waals surface area contributed by atoms with Gasteiger partial charge in [0.25, 0.3) is 0 Å². The highest BCUT2D eigenvalue weighted by molar-refractivity contribution is 8.76. The maximum Gasteiger partial charge on any atom is 0.407 e. The molecule has 0 heterocycles. The molecule has 0 saturated heterocycles. The molecule has 2 aromatic rings. The number of carbonyl (C=O) groups is 3. The first kappa shape index (κ1) is 41.5. The van der Waals surface area contributed by atoms with Gasteiger partial charge in [0.15, 0.2) is 0 Å². The lowest BCUT2D eigenvalue weighted by atomic mass is 9.98. The highest BCUT2D eigenvalue weighted by Gasteiger charge is 2.28. The van der Waals surface area contributed by atoms with Crippen LogP contribution in [0.15, 0.2) is 109 Å². The van der Waals surface area contributed by atoms with Crippen molar-refractivity contribution >= 4 is 39.5 Å². The fraction of sp³-hybridized carbons (Fsp3) is 0.405. The topological polar surface area (TPSA) is 96.5 Å². The summed E-state index contributed by atoms with van der Waals surface area (Å²) >= 11 is 0. The van der Waals surface area contributed by atoms with Crippen molar-refractivity contribution in [2.45, 2.75) is 70.6 Å². The summed E-state index contributed by atoms with van der Waals surface area (Å²) in [5.41, 5.74) is 4.69. The lowest BCUT2D eigenvalue weighted by molar-refractivity contribution is -0.121. The van der Waals surface area contributed by atoms with Crippen LogP contribution in [0, 0.1) is 0 Å². The van der Waals surface area contributed by atoms with Crippen LogP contribution < -0.4 is 16.0 Å². The summed E-state index contributed by atoms with van der Waals surface area (Å²) in [6, 6.07) is 16.4. The zero-order valence-electron chi connectivity index (χ0n) is 30.0. The summed E-state index contributed by atoms with van der Waals surface area (Å²) in [5, 5.41) is 8.54. The predicted molar refractivity (Wildman–Crippen MR) is 217 cm³/mol. The van der Waals surface area contributed by atoms with Gasteiger partial charge in [0, 0.05) is 49.9 Å². The maximum atomic E-state index is 12.3. The first-order valence-corrected chi connectivity index (χ1v) is 20.7. The molecule has 0 fully saturated rings. The Kier molecular flexibility index (Phi) is 21.8. The van der Waals surface area contributed by atoms with Crippen molar-refractivity contribution in [2.24, 2.45) is 0 Å². The number of unbranched alkanes of at least 4 members (excludes halogenated alkanes) is 1. The quantitative estimate of drug-likeness (QED) is 0.0536. The number of rotatable bonds is 25. The molecule has 274 valence electrons. The predicted octanol–water partition coefficient (Wildman–Crippen LogP) is 9.45. The standard InChI is InChI=1S/C42H55N3O4S2/c1-2-3-4-5-6-7-8-9-10-11-12-13-14-15-16-17-18-27-40(46)43-30-32-50-51-33-31-44-41(47)28-29-45-42(48)49-34-39-37-25-21-19-23-35(37)36-24-20-22-26-38(36)39/h3-4,6-7,9-10,12-13,15-16,19-26,39H,2,5,8,11,14,17-18,27-34H2,1H3,(H,43,46)(H,44,47)(H,45,48)/b4-3-,7-6-,10-9-,13-12-,16-15-. The Morgan fingerprint density at radius 2 is 1.12 bits per heavy atom. The number of carbonyl (C=O) groups excluding carboxylic acids is 3. The fourth-order valence-corrected chi connectivity index (χ4v) is 7.25. The second kappa shape index (κ2) is 26.8. The van der Waals surface area contributed by atoms with Crippen LogP contribution in [-0.2, 0) is 14.3 Å². The summed E-state index contributed by atoms with van der Waals surface area (Å²) in [6.45, 7) is 3.79. The van der Waals surface area contributed by atoms with Crippen LogP contribution in [0.3, 0.4) is 0 Å². The highest BCUT2D eigenvalue weighted by atomic mass is 33.1. The number of fused-ring (bicyclic) bond motifs is 3. The monoisotopic (exact) mass is 729 g/mol. The molecule has 0 spiro atoms. The van der Waals surface area contributed by atoms with Crippen LogP contribution in [0.2, 0.25) is 0 Å². The van der Waals surface area contributed by atoms with Crippen molar-refractivity contribution < 1.29 is 19.1 Å². The third kappa shape index (κ3) is 17.7. The molecule has 9 heteroatoms. The zero-order valence-corrected chi connectivity index (χ0v) is 31.7. The number of allylic oxidation sites excluding steroid dienone is 10. The van der Waals surface area contributed by atoms with Gasteiger partial charge in [0.1, 0.15) is 6.61 Å². The summed E-state index contributed by atoms with van der Waals surface area (Å²) in [6.07, 6.45) is 28.8. The number of alkyl carbamates (subject to hydrolysis) is 1.